The smallest absolute Gasteiger partial charge is 0.162 e. The lowest BCUT2D eigenvalue weighted by Gasteiger charge is -2.19. The number of nitrogens with zero attached hydrogens (tertiary/aromatic N) is 1. The third kappa shape index (κ3) is 1.98. The van der Waals surface area contributed by atoms with Crippen LogP contribution in [0.2, 0.25) is 0 Å². The topological polar surface area (TPSA) is 21.7 Å². The van der Waals surface area contributed by atoms with Gasteiger partial charge < -0.3 is 14.4 Å². The van der Waals surface area contributed by atoms with E-state index in [-0.39, 0.29) is 0 Å². The van der Waals surface area contributed by atoms with Crippen molar-refractivity contribution in [3.05, 3.63) is 29.8 Å². The molecule has 86 valence electrons. The van der Waals surface area contributed by atoms with Gasteiger partial charge in [0.2, 0.25) is 0 Å². The monoisotopic (exact) mass is 219 g/mol. The third-order valence-corrected chi connectivity index (χ3v) is 2.83. The first-order valence-corrected chi connectivity index (χ1v) is 5.37. The Labute approximate surface area is 96.3 Å². The van der Waals surface area contributed by atoms with Crippen LogP contribution >= 0.6 is 0 Å². The molecule has 0 atom stereocenters. The molecule has 1 aliphatic rings. The normalized spacial score (nSPS) is 14.9. The molecule has 2 rings (SSSR count). The molecule has 0 aliphatic carbocycles. The van der Waals surface area contributed by atoms with Crippen LogP contribution in [0.5, 0.6) is 11.5 Å². The summed E-state index contributed by atoms with van der Waals surface area (Å²) in [5.74, 6) is 1.56. The van der Waals surface area contributed by atoms with E-state index >= 15 is 0 Å². The van der Waals surface area contributed by atoms with Crippen LogP contribution in [0.4, 0.5) is 5.69 Å². The highest BCUT2D eigenvalue weighted by Gasteiger charge is 2.13. The number of hydrogen-bond donors (Lipinski definition) is 0. The van der Waals surface area contributed by atoms with E-state index in [1.165, 1.54) is 11.3 Å². The van der Waals surface area contributed by atoms with Gasteiger partial charge in [0, 0.05) is 24.8 Å². The van der Waals surface area contributed by atoms with Crippen molar-refractivity contribution in [3.8, 4) is 11.5 Å². The number of rotatable bonds is 3. The van der Waals surface area contributed by atoms with Gasteiger partial charge >= 0.3 is 0 Å². The van der Waals surface area contributed by atoms with Crippen LogP contribution in [0.15, 0.2) is 29.8 Å². The Hall–Kier alpha value is -1.64. The zero-order chi connectivity index (χ0) is 11.5. The van der Waals surface area contributed by atoms with Crippen LogP contribution in [-0.4, -0.2) is 27.3 Å². The van der Waals surface area contributed by atoms with Crippen molar-refractivity contribution < 1.29 is 9.47 Å². The summed E-state index contributed by atoms with van der Waals surface area (Å²) in [5.41, 5.74) is 2.58. The highest BCUT2D eigenvalue weighted by atomic mass is 16.5. The molecule has 0 saturated carbocycles. The van der Waals surface area contributed by atoms with Gasteiger partial charge in [-0.3, -0.25) is 0 Å². The fraction of sp³-hybridized carbons (Fsp3) is 0.385. The summed E-state index contributed by atoms with van der Waals surface area (Å²) < 4.78 is 10.5. The molecule has 0 N–H and O–H groups in total. The van der Waals surface area contributed by atoms with E-state index in [2.05, 4.69) is 24.0 Å². The van der Waals surface area contributed by atoms with E-state index in [9.17, 15) is 0 Å². The van der Waals surface area contributed by atoms with Gasteiger partial charge in [0.05, 0.1) is 14.2 Å². The Balaban J connectivity index is 2.23. The van der Waals surface area contributed by atoms with Crippen LogP contribution in [0, 0.1) is 0 Å². The molecule has 0 radical (unpaired) electrons. The first-order chi connectivity index (χ1) is 7.74. The van der Waals surface area contributed by atoms with Crippen molar-refractivity contribution in [1.82, 2.24) is 0 Å². The lowest BCUT2D eigenvalue weighted by Crippen LogP contribution is -2.19. The van der Waals surface area contributed by atoms with Crippen LogP contribution < -0.4 is 14.4 Å². The second-order valence-electron chi connectivity index (χ2n) is 3.97. The summed E-state index contributed by atoms with van der Waals surface area (Å²) in [5, 5.41) is 0. The summed E-state index contributed by atoms with van der Waals surface area (Å²) in [6.07, 6.45) is 2.25. The zero-order valence-corrected chi connectivity index (χ0v) is 9.99. The molecule has 3 heteroatoms. The van der Waals surface area contributed by atoms with Gasteiger partial charge in [-0.2, -0.15) is 0 Å². The molecule has 1 aliphatic heterocycles. The fourth-order valence-electron chi connectivity index (χ4n) is 1.91. The predicted molar refractivity (Wildman–Crippen MR) is 65.5 cm³/mol. The Bertz CT molecular complexity index is 412. The van der Waals surface area contributed by atoms with Crippen molar-refractivity contribution in [3.63, 3.8) is 0 Å². The first kappa shape index (κ1) is 10.9. The minimum atomic E-state index is 0.773. The molecule has 1 aromatic rings. The second-order valence-corrected chi connectivity index (χ2v) is 3.97. The summed E-state index contributed by atoms with van der Waals surface area (Å²) in [7, 11) is 3.31. The summed E-state index contributed by atoms with van der Waals surface area (Å²) >= 11 is 0. The Kier molecular flexibility index (Phi) is 3.04. The van der Waals surface area contributed by atoms with Crippen molar-refractivity contribution in [1.29, 1.82) is 0 Å². The second kappa shape index (κ2) is 4.47. The standard InChI is InChI=1S/C13H17NO2/c1-10-6-7-14(9-10)11-4-5-12(15-2)13(8-11)16-3/h4-6,8H,7,9H2,1-3H3. The van der Waals surface area contributed by atoms with Crippen LogP contribution in [0.1, 0.15) is 6.92 Å². The Morgan fingerprint density at radius 2 is 1.88 bits per heavy atom. The maximum absolute atomic E-state index is 5.29. The molecule has 16 heavy (non-hydrogen) atoms. The summed E-state index contributed by atoms with van der Waals surface area (Å²) in [4.78, 5) is 2.30. The van der Waals surface area contributed by atoms with Gasteiger partial charge in [0.25, 0.3) is 0 Å². The molecule has 0 unspecified atom stereocenters. The quantitative estimate of drug-likeness (QED) is 0.729. The van der Waals surface area contributed by atoms with E-state index < -0.39 is 0 Å². The van der Waals surface area contributed by atoms with Crippen LogP contribution in [0.25, 0.3) is 0 Å². The molecule has 3 nitrogen and oxygen atoms in total. The van der Waals surface area contributed by atoms with Gasteiger partial charge in [-0.25, -0.2) is 0 Å². The summed E-state index contributed by atoms with van der Waals surface area (Å²) in [6.45, 7) is 4.12. The lowest BCUT2D eigenvalue weighted by molar-refractivity contribution is 0.355. The number of benzene rings is 1. The maximum Gasteiger partial charge on any atom is 0.162 e. The molecule has 0 saturated heterocycles. The number of hydrogen-bond acceptors (Lipinski definition) is 3. The van der Waals surface area contributed by atoms with Crippen molar-refractivity contribution in [2.24, 2.45) is 0 Å². The van der Waals surface area contributed by atoms with Crippen molar-refractivity contribution in [2.45, 2.75) is 6.92 Å². The average Bonchev–Trinajstić information content (AvgIpc) is 2.75. The van der Waals surface area contributed by atoms with Gasteiger partial charge in [-0.05, 0) is 19.1 Å². The minimum absolute atomic E-state index is 0.773. The first-order valence-electron chi connectivity index (χ1n) is 5.37. The SMILES string of the molecule is COc1ccc(N2CC=C(C)C2)cc1OC. The number of methoxy groups -OCH3 is 2. The van der Waals surface area contributed by atoms with Gasteiger partial charge in [-0.15, -0.1) is 0 Å². The van der Waals surface area contributed by atoms with Gasteiger partial charge in [0.15, 0.2) is 11.5 Å². The van der Waals surface area contributed by atoms with E-state index in [0.717, 1.165) is 24.6 Å². The molecule has 1 aromatic carbocycles. The van der Waals surface area contributed by atoms with Gasteiger partial charge in [-0.1, -0.05) is 11.6 Å². The Morgan fingerprint density at radius 1 is 1.12 bits per heavy atom. The van der Waals surface area contributed by atoms with Crippen molar-refractivity contribution >= 4 is 5.69 Å². The van der Waals surface area contributed by atoms with Gasteiger partial charge in [0.1, 0.15) is 0 Å². The van der Waals surface area contributed by atoms with Crippen LogP contribution in [0.3, 0.4) is 0 Å². The van der Waals surface area contributed by atoms with Crippen molar-refractivity contribution in [2.75, 3.05) is 32.2 Å². The maximum atomic E-state index is 5.29. The lowest BCUT2D eigenvalue weighted by atomic mass is 10.2. The largest absolute Gasteiger partial charge is 0.493 e. The Morgan fingerprint density at radius 3 is 2.44 bits per heavy atom. The molecular formula is C13H17NO2. The highest BCUT2D eigenvalue weighted by Crippen LogP contribution is 2.32. The van der Waals surface area contributed by atoms with E-state index in [1.54, 1.807) is 14.2 Å². The minimum Gasteiger partial charge on any atom is -0.493 e. The summed E-state index contributed by atoms with van der Waals surface area (Å²) in [6, 6.07) is 6.03. The van der Waals surface area contributed by atoms with E-state index in [1.807, 2.05) is 12.1 Å². The third-order valence-electron chi connectivity index (χ3n) is 2.83. The number of anilines is 1. The zero-order valence-electron chi connectivity index (χ0n) is 9.99. The molecule has 0 spiro atoms. The highest BCUT2D eigenvalue weighted by molar-refractivity contribution is 5.58. The molecule has 1 heterocycles. The molecule has 0 fully saturated rings. The molecule has 0 aromatic heterocycles. The number of ether oxygens (including phenoxy) is 2. The fourth-order valence-corrected chi connectivity index (χ4v) is 1.91. The van der Waals surface area contributed by atoms with Crippen LogP contribution in [-0.2, 0) is 0 Å². The predicted octanol–water partition coefficient (Wildman–Crippen LogP) is 2.47. The van der Waals surface area contributed by atoms with E-state index in [0.29, 0.717) is 0 Å². The molecule has 0 bridgehead atoms. The molecule has 0 amide bonds. The molecular weight excluding hydrogens is 202 g/mol. The average molecular weight is 219 g/mol. The van der Waals surface area contributed by atoms with E-state index in [4.69, 9.17) is 9.47 Å².